The fraction of sp³-hybridized carbons (Fsp3) is 0.583. The minimum atomic E-state index is -0.959. The molecule has 0 aliphatic rings. The molecule has 0 atom stereocenters. The van der Waals surface area contributed by atoms with Gasteiger partial charge in [-0.25, -0.2) is 4.79 Å². The molecule has 17 heavy (non-hydrogen) atoms. The monoisotopic (exact) mass is 240 g/mol. The molecule has 96 valence electrons. The minimum absolute atomic E-state index is 0.195. The van der Waals surface area contributed by atoms with Crippen molar-refractivity contribution in [2.24, 2.45) is 0 Å². The molecule has 2 N–H and O–H groups in total. The highest BCUT2D eigenvalue weighted by Gasteiger charge is 2.07. The number of hydrogen-bond donors (Lipinski definition) is 2. The molecule has 1 heterocycles. The van der Waals surface area contributed by atoms with Crippen LogP contribution < -0.4 is 5.32 Å². The molecule has 0 amide bonds. The molecule has 0 radical (unpaired) electrons. The van der Waals surface area contributed by atoms with E-state index in [0.717, 1.165) is 13.1 Å². The predicted octanol–water partition coefficient (Wildman–Crippen LogP) is 1.41. The van der Waals surface area contributed by atoms with Crippen LogP contribution in [-0.4, -0.2) is 42.2 Å². The van der Waals surface area contributed by atoms with E-state index < -0.39 is 5.97 Å². The fourth-order valence-electron chi connectivity index (χ4n) is 1.31. The summed E-state index contributed by atoms with van der Waals surface area (Å²) in [5.74, 6) is -0.311. The van der Waals surface area contributed by atoms with Crippen LogP contribution in [-0.2, 0) is 6.54 Å². The number of carboxylic acid groups (broad SMARTS) is 1. The molecule has 1 aromatic rings. The van der Waals surface area contributed by atoms with E-state index >= 15 is 0 Å². The highest BCUT2D eigenvalue weighted by molar-refractivity contribution is 5.87. The Labute approximate surface area is 101 Å². The molecule has 0 aromatic carbocycles. The van der Waals surface area contributed by atoms with Crippen molar-refractivity contribution < 1.29 is 14.3 Å². The van der Waals surface area contributed by atoms with Crippen LogP contribution in [0.15, 0.2) is 16.7 Å². The maximum absolute atomic E-state index is 10.6. The Morgan fingerprint density at radius 1 is 1.59 bits per heavy atom. The zero-order valence-electron chi connectivity index (χ0n) is 10.6. The van der Waals surface area contributed by atoms with E-state index in [1.807, 2.05) is 0 Å². The Kier molecular flexibility index (Phi) is 5.18. The molecular weight excluding hydrogens is 220 g/mol. The van der Waals surface area contributed by atoms with Crippen molar-refractivity contribution in [3.8, 4) is 0 Å². The van der Waals surface area contributed by atoms with Crippen LogP contribution in [0.3, 0.4) is 0 Å². The van der Waals surface area contributed by atoms with Crippen molar-refractivity contribution >= 4 is 5.97 Å². The molecule has 0 bridgehead atoms. The molecular formula is C12H20N2O3. The summed E-state index contributed by atoms with van der Waals surface area (Å²) in [6, 6.07) is 2.07. The molecule has 5 nitrogen and oxygen atoms in total. The second kappa shape index (κ2) is 6.42. The Balaban J connectivity index is 2.24. The van der Waals surface area contributed by atoms with Crippen LogP contribution >= 0.6 is 0 Å². The first-order valence-electron chi connectivity index (χ1n) is 5.72. The zero-order valence-corrected chi connectivity index (χ0v) is 10.6. The minimum Gasteiger partial charge on any atom is -0.478 e. The van der Waals surface area contributed by atoms with E-state index in [4.69, 9.17) is 9.52 Å². The summed E-state index contributed by atoms with van der Waals surface area (Å²) in [6.45, 7) is 6.64. The predicted molar refractivity (Wildman–Crippen MR) is 65.1 cm³/mol. The smallest absolute Gasteiger partial charge is 0.338 e. The SMILES string of the molecule is CC(C)N(C)CCNCc1cc(C(=O)O)co1. The van der Waals surface area contributed by atoms with Crippen molar-refractivity contribution in [1.82, 2.24) is 10.2 Å². The summed E-state index contributed by atoms with van der Waals surface area (Å²) in [4.78, 5) is 12.9. The van der Waals surface area contributed by atoms with Crippen LogP contribution in [0.1, 0.15) is 30.0 Å². The number of nitrogens with zero attached hydrogens (tertiary/aromatic N) is 1. The number of furan rings is 1. The normalized spacial score (nSPS) is 11.4. The van der Waals surface area contributed by atoms with Crippen molar-refractivity contribution in [3.05, 3.63) is 23.7 Å². The number of carboxylic acids is 1. The Hall–Kier alpha value is -1.33. The lowest BCUT2D eigenvalue weighted by Gasteiger charge is -2.20. The summed E-state index contributed by atoms with van der Waals surface area (Å²) in [5, 5.41) is 11.9. The van der Waals surface area contributed by atoms with E-state index in [1.54, 1.807) is 6.07 Å². The highest BCUT2D eigenvalue weighted by Crippen LogP contribution is 2.07. The summed E-state index contributed by atoms with van der Waals surface area (Å²) < 4.78 is 5.12. The average molecular weight is 240 g/mol. The van der Waals surface area contributed by atoms with Crippen LogP contribution in [0.2, 0.25) is 0 Å². The summed E-state index contributed by atoms with van der Waals surface area (Å²) in [6.07, 6.45) is 1.26. The summed E-state index contributed by atoms with van der Waals surface area (Å²) in [5.41, 5.74) is 0.195. The standard InChI is InChI=1S/C12H20N2O3/c1-9(2)14(3)5-4-13-7-11-6-10(8-17-11)12(15)16/h6,8-9,13H,4-5,7H2,1-3H3,(H,15,16). The number of aromatic carboxylic acids is 1. The lowest BCUT2D eigenvalue weighted by molar-refractivity contribution is 0.0696. The summed E-state index contributed by atoms with van der Waals surface area (Å²) in [7, 11) is 2.07. The molecule has 0 fully saturated rings. The van der Waals surface area contributed by atoms with Gasteiger partial charge in [0, 0.05) is 19.1 Å². The largest absolute Gasteiger partial charge is 0.478 e. The van der Waals surface area contributed by atoms with Crippen molar-refractivity contribution in [1.29, 1.82) is 0 Å². The summed E-state index contributed by atoms with van der Waals surface area (Å²) >= 11 is 0. The second-order valence-corrected chi connectivity index (χ2v) is 4.36. The quantitative estimate of drug-likeness (QED) is 0.705. The van der Waals surface area contributed by atoms with E-state index in [9.17, 15) is 4.79 Å². The molecule has 1 aromatic heterocycles. The van der Waals surface area contributed by atoms with Gasteiger partial charge in [-0.2, -0.15) is 0 Å². The van der Waals surface area contributed by atoms with Crippen LogP contribution in [0, 0.1) is 0 Å². The first kappa shape index (κ1) is 13.7. The third-order valence-electron chi connectivity index (χ3n) is 2.72. The van der Waals surface area contributed by atoms with Crippen molar-refractivity contribution in [2.45, 2.75) is 26.4 Å². The first-order valence-corrected chi connectivity index (χ1v) is 5.72. The molecule has 0 unspecified atom stereocenters. The maximum atomic E-state index is 10.6. The van der Waals surface area contributed by atoms with Gasteiger partial charge in [0.15, 0.2) is 0 Å². The van der Waals surface area contributed by atoms with Crippen molar-refractivity contribution in [2.75, 3.05) is 20.1 Å². The van der Waals surface area contributed by atoms with E-state index in [0.29, 0.717) is 18.3 Å². The Bertz CT molecular complexity index is 360. The lowest BCUT2D eigenvalue weighted by atomic mass is 10.3. The third-order valence-corrected chi connectivity index (χ3v) is 2.72. The van der Waals surface area contributed by atoms with Gasteiger partial charge in [-0.05, 0) is 27.0 Å². The first-order chi connectivity index (χ1) is 8.00. The van der Waals surface area contributed by atoms with Crippen molar-refractivity contribution in [3.63, 3.8) is 0 Å². The van der Waals surface area contributed by atoms with E-state index in [1.165, 1.54) is 6.26 Å². The molecule has 0 spiro atoms. The van der Waals surface area contributed by atoms with Gasteiger partial charge in [0.1, 0.15) is 12.0 Å². The van der Waals surface area contributed by atoms with Crippen LogP contribution in [0.5, 0.6) is 0 Å². The third kappa shape index (κ3) is 4.58. The number of hydrogen-bond acceptors (Lipinski definition) is 4. The number of likely N-dealkylation sites (N-methyl/N-ethyl adjacent to an activating group) is 1. The fourth-order valence-corrected chi connectivity index (χ4v) is 1.31. The van der Waals surface area contributed by atoms with Gasteiger partial charge in [0.25, 0.3) is 0 Å². The van der Waals surface area contributed by atoms with Gasteiger partial charge in [-0.15, -0.1) is 0 Å². The van der Waals surface area contributed by atoms with E-state index in [-0.39, 0.29) is 5.56 Å². The number of carbonyl (C=O) groups is 1. The Morgan fingerprint density at radius 2 is 2.29 bits per heavy atom. The molecule has 0 saturated heterocycles. The second-order valence-electron chi connectivity index (χ2n) is 4.36. The average Bonchev–Trinajstić information content (AvgIpc) is 2.72. The number of nitrogens with one attached hydrogen (secondary N) is 1. The molecule has 1 rings (SSSR count). The van der Waals surface area contributed by atoms with Gasteiger partial charge in [0.05, 0.1) is 12.1 Å². The van der Waals surface area contributed by atoms with Gasteiger partial charge < -0.3 is 19.7 Å². The topological polar surface area (TPSA) is 65.7 Å². The zero-order chi connectivity index (χ0) is 12.8. The van der Waals surface area contributed by atoms with E-state index in [2.05, 4.69) is 31.1 Å². The van der Waals surface area contributed by atoms with Crippen LogP contribution in [0.4, 0.5) is 0 Å². The highest BCUT2D eigenvalue weighted by atomic mass is 16.4. The Morgan fingerprint density at radius 3 is 2.82 bits per heavy atom. The molecule has 0 saturated carbocycles. The van der Waals surface area contributed by atoms with Gasteiger partial charge in [-0.1, -0.05) is 0 Å². The molecule has 0 aliphatic heterocycles. The molecule has 5 heteroatoms. The molecule has 0 aliphatic carbocycles. The van der Waals surface area contributed by atoms with Crippen LogP contribution in [0.25, 0.3) is 0 Å². The number of rotatable bonds is 7. The van der Waals surface area contributed by atoms with Gasteiger partial charge in [-0.3, -0.25) is 0 Å². The maximum Gasteiger partial charge on any atom is 0.338 e. The van der Waals surface area contributed by atoms with Gasteiger partial charge in [0.2, 0.25) is 0 Å². The van der Waals surface area contributed by atoms with Gasteiger partial charge >= 0.3 is 5.97 Å². The lowest BCUT2D eigenvalue weighted by Crippen LogP contribution is -2.33.